The Labute approximate surface area is 336 Å². The summed E-state index contributed by atoms with van der Waals surface area (Å²) in [6.45, 7) is 4.56. The number of aromatic amines is 2. The van der Waals surface area contributed by atoms with E-state index in [0.717, 1.165) is 101 Å². The van der Waals surface area contributed by atoms with E-state index in [9.17, 15) is 14.4 Å². The Kier molecular flexibility index (Phi) is 9.74. The molecule has 1 saturated heterocycles. The summed E-state index contributed by atoms with van der Waals surface area (Å²) in [6.07, 6.45) is 10.6. The van der Waals surface area contributed by atoms with Crippen molar-refractivity contribution in [3.05, 3.63) is 102 Å². The SMILES string of the molecule is CCC(C)C(NC(=O)OC)C(=O)N1CCCC1c1ncc(-c2ccc(-c3cnc4cc(-c5c[n+](C)c(C6Cc7cccc8c7N6C(=O)CCC8)[nH]5)ccc4n3)cc2)[nH]1. The van der Waals surface area contributed by atoms with Gasteiger partial charge in [0.1, 0.15) is 24.1 Å². The van der Waals surface area contributed by atoms with Crippen molar-refractivity contribution in [2.75, 3.05) is 18.6 Å². The van der Waals surface area contributed by atoms with Crippen molar-refractivity contribution < 1.29 is 23.7 Å². The molecule has 4 atom stereocenters. The first kappa shape index (κ1) is 37.2. The summed E-state index contributed by atoms with van der Waals surface area (Å²) in [4.78, 5) is 64.7. The van der Waals surface area contributed by atoms with Crippen molar-refractivity contribution in [1.29, 1.82) is 0 Å². The number of alkyl carbamates (subject to hydrolysis) is 1. The molecule has 13 heteroatoms. The summed E-state index contributed by atoms with van der Waals surface area (Å²) in [5.41, 5.74) is 10.7. The van der Waals surface area contributed by atoms with Gasteiger partial charge in [-0.2, -0.15) is 0 Å². The molecule has 3 amide bonds. The molecule has 13 nitrogen and oxygen atoms in total. The van der Waals surface area contributed by atoms with E-state index in [1.165, 1.54) is 18.2 Å². The number of hydrogen-bond donors (Lipinski definition) is 3. The van der Waals surface area contributed by atoms with Crippen LogP contribution in [0, 0.1) is 5.92 Å². The van der Waals surface area contributed by atoms with Crippen molar-refractivity contribution in [3.63, 3.8) is 0 Å². The van der Waals surface area contributed by atoms with E-state index < -0.39 is 12.1 Å². The molecule has 6 aromatic rings. The first-order valence-electron chi connectivity index (χ1n) is 20.3. The molecule has 0 saturated carbocycles. The number of fused-ring (bicyclic) bond motifs is 1. The van der Waals surface area contributed by atoms with E-state index in [4.69, 9.17) is 19.7 Å². The van der Waals surface area contributed by atoms with Crippen molar-refractivity contribution in [3.8, 4) is 33.8 Å². The lowest BCUT2D eigenvalue weighted by atomic mass is 9.97. The van der Waals surface area contributed by atoms with Crippen molar-refractivity contribution >= 4 is 34.6 Å². The average molecular weight is 779 g/mol. The van der Waals surface area contributed by atoms with Crippen LogP contribution in [0.3, 0.4) is 0 Å². The van der Waals surface area contributed by atoms with Gasteiger partial charge < -0.3 is 19.9 Å². The van der Waals surface area contributed by atoms with Gasteiger partial charge in [-0.15, -0.1) is 0 Å². The number of nitrogens with one attached hydrogen (secondary N) is 3. The Morgan fingerprint density at radius 3 is 2.53 bits per heavy atom. The number of likely N-dealkylation sites (tertiary alicyclic amines) is 1. The maximum Gasteiger partial charge on any atom is 0.407 e. The molecule has 3 aliphatic heterocycles. The molecule has 3 N–H and O–H groups in total. The molecule has 296 valence electrons. The van der Waals surface area contributed by atoms with Crippen LogP contribution >= 0.6 is 0 Å². The number of methoxy groups -OCH3 is 1. The highest BCUT2D eigenvalue weighted by atomic mass is 16.5. The van der Waals surface area contributed by atoms with E-state index in [0.29, 0.717) is 13.0 Å². The van der Waals surface area contributed by atoms with Crippen molar-refractivity contribution in [1.82, 2.24) is 35.1 Å². The molecule has 4 unspecified atom stereocenters. The lowest BCUT2D eigenvalue weighted by molar-refractivity contribution is -0.678. The Bertz CT molecular complexity index is 2540. The number of benzene rings is 3. The third kappa shape index (κ3) is 6.67. The van der Waals surface area contributed by atoms with Gasteiger partial charge in [-0.1, -0.05) is 62.7 Å². The zero-order chi connectivity index (χ0) is 40.1. The molecular formula is C45H48N9O4+. The van der Waals surface area contributed by atoms with E-state index >= 15 is 0 Å². The number of rotatable bonds is 9. The summed E-state index contributed by atoms with van der Waals surface area (Å²) in [7, 11) is 3.34. The minimum absolute atomic E-state index is 0.0519. The van der Waals surface area contributed by atoms with Gasteiger partial charge in [-0.05, 0) is 66.5 Å². The molecule has 1 fully saturated rings. The number of anilines is 1. The minimum atomic E-state index is -0.672. The predicted octanol–water partition coefficient (Wildman–Crippen LogP) is 6.91. The molecule has 0 aliphatic carbocycles. The van der Waals surface area contributed by atoms with Gasteiger partial charge in [-0.3, -0.25) is 19.5 Å². The third-order valence-corrected chi connectivity index (χ3v) is 12.3. The highest BCUT2D eigenvalue weighted by Crippen LogP contribution is 2.44. The van der Waals surface area contributed by atoms with Crippen molar-refractivity contribution in [2.24, 2.45) is 13.0 Å². The first-order valence-corrected chi connectivity index (χ1v) is 20.3. The lowest BCUT2D eigenvalue weighted by Crippen LogP contribution is -2.51. The fourth-order valence-corrected chi connectivity index (χ4v) is 8.98. The second kappa shape index (κ2) is 15.2. The van der Waals surface area contributed by atoms with Gasteiger partial charge >= 0.3 is 6.09 Å². The van der Waals surface area contributed by atoms with Gasteiger partial charge in [0.2, 0.25) is 11.8 Å². The average Bonchev–Trinajstić information content (AvgIpc) is 4.06. The highest BCUT2D eigenvalue weighted by molar-refractivity contribution is 5.98. The second-order valence-electron chi connectivity index (χ2n) is 15.8. The predicted molar refractivity (Wildman–Crippen MR) is 219 cm³/mol. The smallest absolute Gasteiger partial charge is 0.407 e. The number of aryl methyl sites for hydroxylation is 2. The maximum atomic E-state index is 13.7. The summed E-state index contributed by atoms with van der Waals surface area (Å²) in [5.74, 6) is 1.75. The molecule has 0 radical (unpaired) electrons. The Hall–Kier alpha value is -6.37. The molecule has 3 aliphatic rings. The number of H-pyrrole nitrogens is 2. The number of carbonyl (C=O) groups excluding carboxylic acids is 3. The highest BCUT2D eigenvalue weighted by Gasteiger charge is 2.42. The molecule has 0 spiro atoms. The maximum absolute atomic E-state index is 13.7. The van der Waals surface area contributed by atoms with Crippen LogP contribution in [0.25, 0.3) is 44.8 Å². The van der Waals surface area contributed by atoms with Gasteiger partial charge in [-0.25, -0.2) is 24.3 Å². The second-order valence-corrected chi connectivity index (χ2v) is 15.8. The van der Waals surface area contributed by atoms with Gasteiger partial charge in [0, 0.05) is 30.5 Å². The number of carbonyl (C=O) groups is 3. The first-order chi connectivity index (χ1) is 28.2. The summed E-state index contributed by atoms with van der Waals surface area (Å²) in [6, 6.07) is 19.7. The van der Waals surface area contributed by atoms with Crippen LogP contribution in [0.1, 0.15) is 80.8 Å². The Balaban J connectivity index is 0.905. The van der Waals surface area contributed by atoms with Crippen LogP contribution in [-0.2, 0) is 34.2 Å². The molecular weight excluding hydrogens is 731 g/mol. The zero-order valence-electron chi connectivity index (χ0n) is 33.3. The molecule has 58 heavy (non-hydrogen) atoms. The quantitative estimate of drug-likeness (QED) is 0.135. The van der Waals surface area contributed by atoms with Gasteiger partial charge in [0.05, 0.1) is 60.7 Å². The fourth-order valence-electron chi connectivity index (χ4n) is 8.98. The summed E-state index contributed by atoms with van der Waals surface area (Å²) >= 11 is 0. The van der Waals surface area contributed by atoms with E-state index in [1.54, 1.807) is 6.20 Å². The van der Waals surface area contributed by atoms with E-state index in [2.05, 4.69) is 56.4 Å². The van der Waals surface area contributed by atoms with Crippen LogP contribution in [0.2, 0.25) is 0 Å². The molecule has 3 aromatic heterocycles. The number of nitrogens with zero attached hydrogens (tertiary/aromatic N) is 6. The molecule has 0 bridgehead atoms. The fraction of sp³-hybridized carbons (Fsp3) is 0.356. The van der Waals surface area contributed by atoms with Crippen LogP contribution in [0.5, 0.6) is 0 Å². The largest absolute Gasteiger partial charge is 0.453 e. The molecule has 9 rings (SSSR count). The third-order valence-electron chi connectivity index (χ3n) is 12.3. The molecule has 6 heterocycles. The Morgan fingerprint density at radius 2 is 1.72 bits per heavy atom. The number of amides is 3. The molecule has 3 aromatic carbocycles. The van der Waals surface area contributed by atoms with Crippen LogP contribution in [0.15, 0.2) is 79.3 Å². The van der Waals surface area contributed by atoms with Crippen LogP contribution in [-0.4, -0.2) is 67.4 Å². The van der Waals surface area contributed by atoms with Gasteiger partial charge in [0.15, 0.2) is 5.69 Å². The van der Waals surface area contributed by atoms with E-state index in [-0.39, 0.29) is 29.8 Å². The number of imidazole rings is 2. The summed E-state index contributed by atoms with van der Waals surface area (Å²) in [5, 5.41) is 2.75. The van der Waals surface area contributed by atoms with E-state index in [1.807, 2.05) is 67.2 Å². The monoisotopic (exact) mass is 778 g/mol. The topological polar surface area (TPSA) is 153 Å². The van der Waals surface area contributed by atoms with Crippen LogP contribution < -0.4 is 14.8 Å². The van der Waals surface area contributed by atoms with Crippen molar-refractivity contribution in [2.45, 2.75) is 76.9 Å². The number of aromatic nitrogens is 6. The standard InChI is InChI=1S/C45H47N9O4/c1-5-26(2)40(51-45(57)58-4)44(56)53-20-8-12-37(53)42-47-24-35(49-42)28-16-14-27(15-17-28)34-23-46-33-21-30(18-19-32(33)48-34)36-25-52(3)43(50-36)38-22-31-11-6-9-29-10-7-13-39(55)54(38)41(29)31/h6,9,11,14-19,21,23-26,37-38,40H,5,7-8,10,12-13,20,22H2,1-4H3,(H2,47,48,49,51,57)/p+1. The summed E-state index contributed by atoms with van der Waals surface area (Å²) < 4.78 is 6.92. The normalized spacial score (nSPS) is 18.6. The Morgan fingerprint density at radius 1 is 0.931 bits per heavy atom. The lowest BCUT2D eigenvalue weighted by Gasteiger charge is -2.30. The number of para-hydroxylation sites is 1. The minimum Gasteiger partial charge on any atom is -0.453 e. The number of hydrogen-bond acceptors (Lipinski definition) is 7. The number of ether oxygens (including phenoxy) is 1. The van der Waals surface area contributed by atoms with Crippen LogP contribution in [0.4, 0.5) is 10.5 Å². The zero-order valence-corrected chi connectivity index (χ0v) is 33.3. The van der Waals surface area contributed by atoms with Gasteiger partial charge in [0.25, 0.3) is 5.82 Å².